The largest absolute Gasteiger partial charge is 0.493 e. The second-order valence-corrected chi connectivity index (χ2v) is 12.0. The molecule has 0 unspecified atom stereocenters. The number of ether oxygens (including phenoxy) is 1. The lowest BCUT2D eigenvalue weighted by molar-refractivity contribution is -0.134. The molecule has 0 aromatic heterocycles. The number of carbonyl (C=O) groups excluding carboxylic acids is 1. The van der Waals surface area contributed by atoms with Crippen molar-refractivity contribution in [3.05, 3.63) is 102 Å². The summed E-state index contributed by atoms with van der Waals surface area (Å²) in [5.41, 5.74) is 0.266. The number of hydrogen-bond donors (Lipinski definition) is 0. The van der Waals surface area contributed by atoms with Crippen molar-refractivity contribution in [1.29, 1.82) is 0 Å². The van der Waals surface area contributed by atoms with E-state index in [1.54, 1.807) is 11.9 Å². The SMILES string of the molecule is CN(Cc1ccccc1)C(=O)C[C@@]1(COc2ccccc2)CCCN(S(=O)(=O)Cc2cc(F)cc(F)c2)C1. The van der Waals surface area contributed by atoms with E-state index in [4.69, 9.17) is 4.74 Å². The summed E-state index contributed by atoms with van der Waals surface area (Å²) < 4.78 is 61.5. The molecule has 4 rings (SSSR count). The van der Waals surface area contributed by atoms with Crippen molar-refractivity contribution in [2.24, 2.45) is 5.41 Å². The maximum atomic E-state index is 13.7. The van der Waals surface area contributed by atoms with Crippen molar-refractivity contribution in [1.82, 2.24) is 9.21 Å². The van der Waals surface area contributed by atoms with Crippen LogP contribution in [0.3, 0.4) is 0 Å². The zero-order valence-corrected chi connectivity index (χ0v) is 22.2. The normalized spacial score (nSPS) is 18.2. The summed E-state index contributed by atoms with van der Waals surface area (Å²) in [6, 6.07) is 21.6. The molecule has 1 aliphatic heterocycles. The predicted octanol–water partition coefficient (Wildman–Crippen LogP) is 5.00. The molecule has 1 heterocycles. The van der Waals surface area contributed by atoms with Gasteiger partial charge in [0.2, 0.25) is 15.9 Å². The first-order chi connectivity index (χ1) is 18.1. The van der Waals surface area contributed by atoms with E-state index < -0.39 is 32.8 Å². The number of para-hydroxylation sites is 1. The Morgan fingerprint density at radius 2 is 1.61 bits per heavy atom. The molecule has 0 N–H and O–H groups in total. The van der Waals surface area contributed by atoms with Crippen LogP contribution >= 0.6 is 0 Å². The molecule has 3 aromatic carbocycles. The maximum Gasteiger partial charge on any atom is 0.223 e. The van der Waals surface area contributed by atoms with Gasteiger partial charge in [-0.3, -0.25) is 4.79 Å². The molecule has 0 aliphatic carbocycles. The van der Waals surface area contributed by atoms with Gasteiger partial charge in [-0.25, -0.2) is 21.5 Å². The van der Waals surface area contributed by atoms with Gasteiger partial charge >= 0.3 is 0 Å². The van der Waals surface area contributed by atoms with E-state index >= 15 is 0 Å². The molecule has 0 saturated carbocycles. The second kappa shape index (κ2) is 12.0. The Labute approximate surface area is 222 Å². The van der Waals surface area contributed by atoms with Gasteiger partial charge in [-0.1, -0.05) is 48.5 Å². The number of piperidine rings is 1. The smallest absolute Gasteiger partial charge is 0.223 e. The van der Waals surface area contributed by atoms with Crippen LogP contribution in [-0.4, -0.2) is 50.3 Å². The van der Waals surface area contributed by atoms with Crippen LogP contribution in [0.2, 0.25) is 0 Å². The summed E-state index contributed by atoms with van der Waals surface area (Å²) in [4.78, 5) is 15.0. The van der Waals surface area contributed by atoms with Crippen molar-refractivity contribution in [2.45, 2.75) is 31.6 Å². The average Bonchev–Trinajstić information content (AvgIpc) is 2.88. The van der Waals surface area contributed by atoms with Crippen molar-refractivity contribution < 1.29 is 26.7 Å². The summed E-state index contributed by atoms with van der Waals surface area (Å²) in [6.45, 7) is 0.928. The number of hydrogen-bond acceptors (Lipinski definition) is 4. The first-order valence-electron chi connectivity index (χ1n) is 12.5. The van der Waals surface area contributed by atoms with E-state index in [0.717, 1.165) is 17.7 Å². The Morgan fingerprint density at radius 3 is 2.26 bits per heavy atom. The molecule has 1 fully saturated rings. The van der Waals surface area contributed by atoms with Crippen LogP contribution in [0.15, 0.2) is 78.9 Å². The fourth-order valence-corrected chi connectivity index (χ4v) is 6.51. The Bertz CT molecular complexity index is 1320. The molecule has 0 spiro atoms. The molecule has 0 radical (unpaired) electrons. The van der Waals surface area contributed by atoms with Gasteiger partial charge < -0.3 is 9.64 Å². The topological polar surface area (TPSA) is 66.9 Å². The van der Waals surface area contributed by atoms with Gasteiger partial charge in [0.25, 0.3) is 0 Å². The van der Waals surface area contributed by atoms with Gasteiger partial charge in [-0.15, -0.1) is 0 Å². The number of sulfonamides is 1. The molecule has 1 atom stereocenters. The Balaban J connectivity index is 1.54. The van der Waals surface area contributed by atoms with E-state index in [1.165, 1.54) is 4.31 Å². The number of benzene rings is 3. The number of carbonyl (C=O) groups is 1. The van der Waals surface area contributed by atoms with Crippen LogP contribution in [0.1, 0.15) is 30.4 Å². The highest BCUT2D eigenvalue weighted by Crippen LogP contribution is 2.37. The molecule has 202 valence electrons. The highest BCUT2D eigenvalue weighted by molar-refractivity contribution is 7.88. The van der Waals surface area contributed by atoms with Crippen LogP contribution in [0.5, 0.6) is 5.75 Å². The lowest BCUT2D eigenvalue weighted by Crippen LogP contribution is -2.50. The van der Waals surface area contributed by atoms with Gasteiger partial charge in [0.15, 0.2) is 0 Å². The molecule has 38 heavy (non-hydrogen) atoms. The highest BCUT2D eigenvalue weighted by Gasteiger charge is 2.42. The second-order valence-electron chi connectivity index (χ2n) is 9.98. The first kappa shape index (κ1) is 27.7. The third-order valence-electron chi connectivity index (χ3n) is 6.79. The quantitative estimate of drug-likeness (QED) is 0.362. The fourth-order valence-electron chi connectivity index (χ4n) is 4.86. The fraction of sp³-hybridized carbons (Fsp3) is 0.345. The average molecular weight is 543 g/mol. The summed E-state index contributed by atoms with van der Waals surface area (Å²) in [7, 11) is -2.18. The lowest BCUT2D eigenvalue weighted by atomic mass is 9.78. The van der Waals surface area contributed by atoms with Gasteiger partial charge in [0, 0.05) is 44.6 Å². The Hall–Kier alpha value is -3.30. The van der Waals surface area contributed by atoms with E-state index in [-0.39, 0.29) is 37.6 Å². The van der Waals surface area contributed by atoms with E-state index in [9.17, 15) is 22.0 Å². The van der Waals surface area contributed by atoms with Crippen molar-refractivity contribution in [2.75, 3.05) is 26.7 Å². The summed E-state index contributed by atoms with van der Waals surface area (Å²) in [6.07, 6.45) is 1.24. The summed E-state index contributed by atoms with van der Waals surface area (Å²) in [5.74, 6) is -1.67. The van der Waals surface area contributed by atoms with Crippen LogP contribution < -0.4 is 4.74 Å². The Morgan fingerprint density at radius 1 is 0.974 bits per heavy atom. The minimum atomic E-state index is -3.91. The standard InChI is InChI=1S/C29H32F2N2O4S/c1-32(19-23-9-4-2-5-10-23)28(34)18-29(22-37-27-11-6-3-7-12-27)13-8-14-33(21-29)38(35,36)20-24-15-25(30)17-26(31)16-24/h2-7,9-12,15-17H,8,13-14,18-22H2,1H3/t29-/m0/s1. The molecular formula is C29H32F2N2O4S. The number of amides is 1. The molecule has 0 bridgehead atoms. The van der Waals surface area contributed by atoms with E-state index in [1.807, 2.05) is 60.7 Å². The van der Waals surface area contributed by atoms with Gasteiger partial charge in [-0.2, -0.15) is 0 Å². The lowest BCUT2D eigenvalue weighted by Gasteiger charge is -2.42. The summed E-state index contributed by atoms with van der Waals surface area (Å²) >= 11 is 0. The predicted molar refractivity (Wildman–Crippen MR) is 142 cm³/mol. The molecule has 6 nitrogen and oxygen atoms in total. The van der Waals surface area contributed by atoms with E-state index in [2.05, 4.69) is 0 Å². The van der Waals surface area contributed by atoms with Crippen molar-refractivity contribution in [3.63, 3.8) is 0 Å². The van der Waals surface area contributed by atoms with Crippen LogP contribution in [-0.2, 0) is 27.1 Å². The van der Waals surface area contributed by atoms with Gasteiger partial charge in [-0.05, 0) is 48.2 Å². The molecule has 1 saturated heterocycles. The van der Waals surface area contributed by atoms with Crippen LogP contribution in [0, 0.1) is 17.0 Å². The van der Waals surface area contributed by atoms with Gasteiger partial charge in [0.1, 0.15) is 17.4 Å². The molecular weight excluding hydrogens is 510 g/mol. The highest BCUT2D eigenvalue weighted by atomic mass is 32.2. The Kier molecular flexibility index (Phi) is 8.79. The van der Waals surface area contributed by atoms with E-state index in [0.29, 0.717) is 31.2 Å². The first-order valence-corrected chi connectivity index (χ1v) is 14.1. The third-order valence-corrected chi connectivity index (χ3v) is 8.59. The minimum absolute atomic E-state index is 0.0397. The minimum Gasteiger partial charge on any atom is -0.493 e. The zero-order valence-electron chi connectivity index (χ0n) is 21.4. The number of halogens is 2. The van der Waals surface area contributed by atoms with Crippen molar-refractivity contribution in [3.8, 4) is 5.75 Å². The summed E-state index contributed by atoms with van der Waals surface area (Å²) in [5, 5.41) is 0. The maximum absolute atomic E-state index is 13.7. The third kappa shape index (κ3) is 7.39. The molecule has 9 heteroatoms. The molecule has 3 aromatic rings. The van der Waals surface area contributed by atoms with Gasteiger partial charge in [0.05, 0.1) is 12.4 Å². The number of rotatable bonds is 10. The van der Waals surface area contributed by atoms with Crippen molar-refractivity contribution >= 4 is 15.9 Å². The molecule has 1 aliphatic rings. The number of nitrogens with zero attached hydrogens (tertiary/aromatic N) is 2. The molecule has 1 amide bonds. The van der Waals surface area contributed by atoms with Crippen LogP contribution in [0.4, 0.5) is 8.78 Å². The monoisotopic (exact) mass is 542 g/mol. The zero-order chi connectivity index (χ0) is 27.2. The van der Waals surface area contributed by atoms with Crippen LogP contribution in [0.25, 0.3) is 0 Å².